The first-order chi connectivity index (χ1) is 12.0. The van der Waals surface area contributed by atoms with Crippen LogP contribution in [0.4, 0.5) is 0 Å². The minimum atomic E-state index is -0.841. The smallest absolute Gasteiger partial charge is 0.226 e. The molecule has 2 heterocycles. The molecule has 1 spiro atoms. The second kappa shape index (κ2) is 5.33. The van der Waals surface area contributed by atoms with E-state index in [2.05, 4.69) is 0 Å². The molecule has 132 valence electrons. The molecule has 0 unspecified atom stereocenters. The summed E-state index contributed by atoms with van der Waals surface area (Å²) >= 11 is 0. The van der Waals surface area contributed by atoms with Crippen molar-refractivity contribution < 1.29 is 23.8 Å². The SMILES string of the molecule is COc1cc2c(cc1OC)[C@]13CC(=O)C=C[C@@]1(OC)CC(=O)N3CC2. The summed E-state index contributed by atoms with van der Waals surface area (Å²) in [6.45, 7) is 0.563. The molecule has 1 fully saturated rings. The quantitative estimate of drug-likeness (QED) is 0.834. The number of allylic oxidation sites excluding steroid dienone is 1. The largest absolute Gasteiger partial charge is 0.493 e. The van der Waals surface area contributed by atoms with E-state index in [9.17, 15) is 9.59 Å². The van der Waals surface area contributed by atoms with Gasteiger partial charge in [0.25, 0.3) is 0 Å². The first-order valence-electron chi connectivity index (χ1n) is 8.34. The molecular formula is C19H21NO5. The number of carbonyl (C=O) groups is 2. The summed E-state index contributed by atoms with van der Waals surface area (Å²) in [6, 6.07) is 3.85. The minimum Gasteiger partial charge on any atom is -0.493 e. The van der Waals surface area contributed by atoms with Crippen LogP contribution in [0, 0.1) is 0 Å². The Morgan fingerprint density at radius 1 is 1.04 bits per heavy atom. The Morgan fingerprint density at radius 3 is 2.44 bits per heavy atom. The lowest BCUT2D eigenvalue weighted by Gasteiger charge is -2.51. The van der Waals surface area contributed by atoms with E-state index >= 15 is 0 Å². The van der Waals surface area contributed by atoms with Gasteiger partial charge in [-0.25, -0.2) is 0 Å². The van der Waals surface area contributed by atoms with Gasteiger partial charge in [0, 0.05) is 20.1 Å². The van der Waals surface area contributed by atoms with Gasteiger partial charge in [-0.05, 0) is 41.8 Å². The first-order valence-corrected chi connectivity index (χ1v) is 8.34. The van der Waals surface area contributed by atoms with Crippen LogP contribution in [-0.2, 0) is 26.3 Å². The van der Waals surface area contributed by atoms with E-state index in [0.717, 1.165) is 11.1 Å². The van der Waals surface area contributed by atoms with Gasteiger partial charge in [0.1, 0.15) is 11.1 Å². The molecule has 2 aliphatic heterocycles. The highest BCUT2D eigenvalue weighted by Gasteiger charge is 2.66. The highest BCUT2D eigenvalue weighted by atomic mass is 16.5. The summed E-state index contributed by atoms with van der Waals surface area (Å²) in [7, 11) is 4.79. The predicted molar refractivity (Wildman–Crippen MR) is 89.8 cm³/mol. The minimum absolute atomic E-state index is 0.00462. The van der Waals surface area contributed by atoms with Gasteiger partial charge in [-0.1, -0.05) is 0 Å². The molecule has 25 heavy (non-hydrogen) atoms. The standard InChI is InChI=1S/C19H21NO5/c1-23-15-8-12-5-7-20-17(22)11-18(25-3)6-4-13(21)10-19(18,20)14(12)9-16(15)24-2/h4,6,8-9H,5,7,10-11H2,1-3H3/t18-,19-/m1/s1. The third kappa shape index (κ3) is 1.88. The molecule has 0 bridgehead atoms. The Kier molecular flexibility index (Phi) is 3.44. The number of carbonyl (C=O) groups excluding carboxylic acids is 2. The van der Waals surface area contributed by atoms with Crippen molar-refractivity contribution in [2.75, 3.05) is 27.9 Å². The van der Waals surface area contributed by atoms with Crippen molar-refractivity contribution >= 4 is 11.7 Å². The fourth-order valence-electron chi connectivity index (χ4n) is 4.73. The molecule has 2 atom stereocenters. The molecule has 0 aromatic heterocycles. The van der Waals surface area contributed by atoms with Crippen LogP contribution in [0.15, 0.2) is 24.3 Å². The number of ketones is 1. The normalized spacial score (nSPS) is 30.0. The fourth-order valence-corrected chi connectivity index (χ4v) is 4.73. The van der Waals surface area contributed by atoms with Crippen molar-refractivity contribution in [1.82, 2.24) is 4.90 Å². The van der Waals surface area contributed by atoms with E-state index in [-0.39, 0.29) is 24.5 Å². The first kappa shape index (κ1) is 16.1. The molecule has 0 N–H and O–H groups in total. The summed E-state index contributed by atoms with van der Waals surface area (Å²) in [4.78, 5) is 27.0. The van der Waals surface area contributed by atoms with E-state index in [0.29, 0.717) is 24.5 Å². The van der Waals surface area contributed by atoms with Gasteiger partial charge < -0.3 is 19.1 Å². The zero-order chi connectivity index (χ0) is 17.8. The van der Waals surface area contributed by atoms with Crippen LogP contribution in [0.1, 0.15) is 24.0 Å². The summed E-state index contributed by atoms with van der Waals surface area (Å²) in [6.07, 6.45) is 4.47. The van der Waals surface area contributed by atoms with Gasteiger partial charge in [0.05, 0.1) is 20.6 Å². The van der Waals surface area contributed by atoms with E-state index in [1.54, 1.807) is 33.5 Å². The molecule has 1 amide bonds. The maximum atomic E-state index is 12.8. The number of benzene rings is 1. The van der Waals surface area contributed by atoms with Crippen molar-refractivity contribution in [2.45, 2.75) is 30.4 Å². The van der Waals surface area contributed by atoms with Crippen LogP contribution in [0.25, 0.3) is 0 Å². The van der Waals surface area contributed by atoms with Crippen molar-refractivity contribution in [3.63, 3.8) is 0 Å². The summed E-state index contributed by atoms with van der Waals surface area (Å²) in [5.74, 6) is 1.25. The monoisotopic (exact) mass is 343 g/mol. The number of nitrogens with zero attached hydrogens (tertiary/aromatic N) is 1. The Hall–Kier alpha value is -2.34. The van der Waals surface area contributed by atoms with Crippen molar-refractivity contribution in [3.05, 3.63) is 35.4 Å². The molecule has 0 radical (unpaired) electrons. The highest BCUT2D eigenvalue weighted by Crippen LogP contribution is 2.57. The number of amides is 1. The van der Waals surface area contributed by atoms with Gasteiger partial charge in [-0.3, -0.25) is 9.59 Å². The van der Waals surface area contributed by atoms with Crippen LogP contribution >= 0.6 is 0 Å². The second-order valence-electron chi connectivity index (χ2n) is 6.77. The lowest BCUT2D eigenvalue weighted by atomic mass is 9.66. The maximum absolute atomic E-state index is 12.8. The number of methoxy groups -OCH3 is 3. The summed E-state index contributed by atoms with van der Waals surface area (Å²) < 4.78 is 16.8. The fraction of sp³-hybridized carbons (Fsp3) is 0.474. The van der Waals surface area contributed by atoms with Crippen molar-refractivity contribution in [2.24, 2.45) is 0 Å². The van der Waals surface area contributed by atoms with Gasteiger partial charge in [0.2, 0.25) is 5.91 Å². The topological polar surface area (TPSA) is 65.1 Å². The van der Waals surface area contributed by atoms with Gasteiger partial charge in [-0.15, -0.1) is 0 Å². The average molecular weight is 343 g/mol. The number of hydrogen-bond acceptors (Lipinski definition) is 5. The summed E-state index contributed by atoms with van der Waals surface area (Å²) in [5, 5.41) is 0. The van der Waals surface area contributed by atoms with Crippen LogP contribution in [0.5, 0.6) is 11.5 Å². The molecule has 1 aromatic rings. The van der Waals surface area contributed by atoms with Crippen molar-refractivity contribution in [1.29, 1.82) is 0 Å². The third-order valence-corrected chi connectivity index (χ3v) is 5.87. The highest BCUT2D eigenvalue weighted by molar-refractivity contribution is 5.96. The zero-order valence-electron chi connectivity index (χ0n) is 14.6. The molecule has 1 aliphatic carbocycles. The molecule has 4 rings (SSSR count). The number of fused-ring (bicyclic) bond motifs is 1. The molecule has 6 nitrogen and oxygen atoms in total. The lowest BCUT2D eigenvalue weighted by molar-refractivity contribution is -0.137. The molecular weight excluding hydrogens is 322 g/mol. The number of ether oxygens (including phenoxy) is 3. The van der Waals surface area contributed by atoms with Crippen LogP contribution < -0.4 is 9.47 Å². The molecule has 6 heteroatoms. The molecule has 1 aromatic carbocycles. The Morgan fingerprint density at radius 2 is 1.76 bits per heavy atom. The predicted octanol–water partition coefficient (Wildman–Crippen LogP) is 1.60. The van der Waals surface area contributed by atoms with Gasteiger partial charge >= 0.3 is 0 Å². The molecule has 0 saturated carbocycles. The third-order valence-electron chi connectivity index (χ3n) is 5.87. The Labute approximate surface area is 146 Å². The van der Waals surface area contributed by atoms with Crippen LogP contribution in [-0.4, -0.2) is 50.1 Å². The van der Waals surface area contributed by atoms with E-state index < -0.39 is 11.1 Å². The number of rotatable bonds is 3. The Bertz CT molecular complexity index is 801. The second-order valence-corrected chi connectivity index (χ2v) is 6.77. The summed E-state index contributed by atoms with van der Waals surface area (Å²) in [5.41, 5.74) is 0.319. The van der Waals surface area contributed by atoms with Gasteiger partial charge in [0.15, 0.2) is 17.3 Å². The number of hydrogen-bond donors (Lipinski definition) is 0. The maximum Gasteiger partial charge on any atom is 0.226 e. The molecule has 3 aliphatic rings. The van der Waals surface area contributed by atoms with Crippen LogP contribution in [0.3, 0.4) is 0 Å². The van der Waals surface area contributed by atoms with E-state index in [1.165, 1.54) is 0 Å². The van der Waals surface area contributed by atoms with E-state index in [1.807, 2.05) is 17.0 Å². The van der Waals surface area contributed by atoms with Gasteiger partial charge in [-0.2, -0.15) is 0 Å². The average Bonchev–Trinajstić information content (AvgIpc) is 2.89. The van der Waals surface area contributed by atoms with Crippen LogP contribution in [0.2, 0.25) is 0 Å². The Balaban J connectivity index is 2.02. The van der Waals surface area contributed by atoms with Crippen molar-refractivity contribution in [3.8, 4) is 11.5 Å². The lowest BCUT2D eigenvalue weighted by Crippen LogP contribution is -2.60. The zero-order valence-corrected chi connectivity index (χ0v) is 14.6. The van der Waals surface area contributed by atoms with E-state index in [4.69, 9.17) is 14.2 Å². The molecule has 1 saturated heterocycles.